The first-order valence-corrected chi connectivity index (χ1v) is 9.49. The van der Waals surface area contributed by atoms with Crippen LogP contribution in [0.1, 0.15) is 41.4 Å². The van der Waals surface area contributed by atoms with Gasteiger partial charge >= 0.3 is 0 Å². The van der Waals surface area contributed by atoms with Gasteiger partial charge in [0.2, 0.25) is 0 Å². The van der Waals surface area contributed by atoms with Crippen LogP contribution in [0.3, 0.4) is 0 Å². The summed E-state index contributed by atoms with van der Waals surface area (Å²) in [4.78, 5) is 9.67. The largest absolute Gasteiger partial charge is 0.319 e. The molecule has 0 amide bonds. The van der Waals surface area contributed by atoms with Crippen molar-refractivity contribution in [1.82, 2.24) is 15.3 Å². The van der Waals surface area contributed by atoms with E-state index in [1.165, 1.54) is 23.5 Å². The summed E-state index contributed by atoms with van der Waals surface area (Å²) in [6.45, 7) is 7.52. The lowest BCUT2D eigenvalue weighted by Crippen LogP contribution is -2.22. The van der Waals surface area contributed by atoms with Gasteiger partial charge in [-0.2, -0.15) is 11.8 Å². The Morgan fingerprint density at radius 2 is 1.80 bits per heavy atom. The fourth-order valence-electron chi connectivity index (χ4n) is 2.65. The molecule has 0 radical (unpaired) electrons. The van der Waals surface area contributed by atoms with Gasteiger partial charge in [0.25, 0.3) is 0 Å². The molecule has 20 heavy (non-hydrogen) atoms. The molecule has 0 bridgehead atoms. The van der Waals surface area contributed by atoms with Crippen molar-refractivity contribution in [3.63, 3.8) is 0 Å². The maximum atomic E-state index is 4.84. The minimum absolute atomic E-state index is 0.467. The van der Waals surface area contributed by atoms with Gasteiger partial charge < -0.3 is 5.32 Å². The van der Waals surface area contributed by atoms with Gasteiger partial charge in [-0.25, -0.2) is 9.97 Å². The highest BCUT2D eigenvalue weighted by Gasteiger charge is 2.29. The fraction of sp³-hybridized carbons (Fsp3) is 0.733. The molecule has 0 spiro atoms. The third-order valence-corrected chi connectivity index (χ3v) is 7.01. The molecule has 5 heteroatoms. The van der Waals surface area contributed by atoms with Crippen molar-refractivity contribution in [2.75, 3.05) is 25.1 Å². The number of nitrogens with zero attached hydrogens (tertiary/aromatic N) is 2. The van der Waals surface area contributed by atoms with E-state index >= 15 is 0 Å². The van der Waals surface area contributed by atoms with E-state index in [9.17, 15) is 0 Å². The van der Waals surface area contributed by atoms with E-state index in [-0.39, 0.29) is 0 Å². The smallest absolute Gasteiger partial charge is 0.142 e. The van der Waals surface area contributed by atoms with Crippen molar-refractivity contribution < 1.29 is 0 Å². The van der Waals surface area contributed by atoms with Crippen LogP contribution in [0.25, 0.3) is 0 Å². The molecule has 1 N–H and O–H groups in total. The quantitative estimate of drug-likeness (QED) is 0.904. The van der Waals surface area contributed by atoms with E-state index in [1.807, 2.05) is 18.8 Å². The highest BCUT2D eigenvalue weighted by Crippen LogP contribution is 2.42. The molecule has 1 aromatic heterocycles. The lowest BCUT2D eigenvalue weighted by atomic mass is 10.1. The zero-order valence-corrected chi connectivity index (χ0v) is 14.5. The molecule has 0 aliphatic carbocycles. The van der Waals surface area contributed by atoms with E-state index < -0.39 is 0 Å². The van der Waals surface area contributed by atoms with Crippen molar-refractivity contribution in [2.45, 2.75) is 44.1 Å². The Morgan fingerprint density at radius 3 is 2.40 bits per heavy atom. The van der Waals surface area contributed by atoms with E-state index in [4.69, 9.17) is 9.97 Å². The van der Waals surface area contributed by atoms with Crippen molar-refractivity contribution in [3.05, 3.63) is 22.8 Å². The molecule has 2 atom stereocenters. The van der Waals surface area contributed by atoms with Crippen LogP contribution in [-0.4, -0.2) is 40.3 Å². The third-order valence-electron chi connectivity index (χ3n) is 3.77. The summed E-state index contributed by atoms with van der Waals surface area (Å²) in [6, 6.07) is 0. The summed E-state index contributed by atoms with van der Waals surface area (Å²) in [6.07, 6.45) is 2.21. The summed E-state index contributed by atoms with van der Waals surface area (Å²) in [5.74, 6) is 3.53. The van der Waals surface area contributed by atoms with Crippen LogP contribution in [0, 0.1) is 13.8 Å². The second-order valence-corrected chi connectivity index (χ2v) is 7.79. The second-order valence-electron chi connectivity index (χ2n) is 5.19. The molecular formula is C15H25N3S2. The molecule has 0 saturated carbocycles. The van der Waals surface area contributed by atoms with Gasteiger partial charge in [0, 0.05) is 28.1 Å². The fourth-order valence-corrected chi connectivity index (χ4v) is 5.64. The molecule has 2 heterocycles. The highest BCUT2D eigenvalue weighted by atomic mass is 32.2. The standard InChI is InChI=1S/C15H25N3S2/c1-5-13-14(20-9-8-19-13)15-17-10(2)12(6-7-16-4)11(3)18-15/h13-14,16H,5-9H2,1-4H3. The Morgan fingerprint density at radius 1 is 1.15 bits per heavy atom. The van der Waals surface area contributed by atoms with Crippen LogP contribution in [-0.2, 0) is 6.42 Å². The first-order chi connectivity index (χ1) is 9.67. The minimum Gasteiger partial charge on any atom is -0.319 e. The van der Waals surface area contributed by atoms with Crippen LogP contribution in [0.15, 0.2) is 0 Å². The molecule has 112 valence electrons. The monoisotopic (exact) mass is 311 g/mol. The predicted molar refractivity (Wildman–Crippen MR) is 90.9 cm³/mol. The maximum absolute atomic E-state index is 4.84. The SMILES string of the molecule is CCC1SCCSC1c1nc(C)c(CCNC)c(C)n1. The van der Waals surface area contributed by atoms with E-state index in [2.05, 4.69) is 37.8 Å². The Labute approximate surface area is 131 Å². The number of hydrogen-bond acceptors (Lipinski definition) is 5. The first-order valence-electron chi connectivity index (χ1n) is 7.39. The van der Waals surface area contributed by atoms with Gasteiger partial charge in [0.15, 0.2) is 0 Å². The number of likely N-dealkylation sites (N-methyl/N-ethyl adjacent to an activating group) is 1. The second kappa shape index (κ2) is 7.66. The van der Waals surface area contributed by atoms with Crippen molar-refractivity contribution >= 4 is 23.5 Å². The first kappa shape index (κ1) is 16.1. The van der Waals surface area contributed by atoms with Crippen molar-refractivity contribution in [1.29, 1.82) is 0 Å². The van der Waals surface area contributed by atoms with Crippen LogP contribution >= 0.6 is 23.5 Å². The Kier molecular flexibility index (Phi) is 6.18. The van der Waals surface area contributed by atoms with Crippen molar-refractivity contribution in [3.8, 4) is 0 Å². The molecule has 1 aliphatic rings. The van der Waals surface area contributed by atoms with E-state index in [0.29, 0.717) is 10.5 Å². The number of nitrogens with one attached hydrogen (secondary N) is 1. The summed E-state index contributed by atoms with van der Waals surface area (Å²) in [5.41, 5.74) is 3.63. The zero-order valence-electron chi connectivity index (χ0n) is 12.9. The number of rotatable bonds is 5. The lowest BCUT2D eigenvalue weighted by molar-refractivity contribution is 0.723. The predicted octanol–water partition coefficient (Wildman–Crippen LogP) is 3.16. The summed E-state index contributed by atoms with van der Waals surface area (Å²) in [5, 5.41) is 4.33. The van der Waals surface area contributed by atoms with Crippen LogP contribution in [0.5, 0.6) is 0 Å². The topological polar surface area (TPSA) is 37.8 Å². The summed E-state index contributed by atoms with van der Waals surface area (Å²) in [7, 11) is 1.99. The number of hydrogen-bond donors (Lipinski definition) is 1. The van der Waals surface area contributed by atoms with Crippen molar-refractivity contribution in [2.24, 2.45) is 0 Å². The Bertz CT molecular complexity index is 428. The molecule has 2 unspecified atom stereocenters. The average Bonchev–Trinajstić information content (AvgIpc) is 2.46. The van der Waals surface area contributed by atoms with Gasteiger partial charge in [0.1, 0.15) is 5.82 Å². The van der Waals surface area contributed by atoms with E-state index in [0.717, 1.165) is 30.2 Å². The van der Waals surface area contributed by atoms with Gasteiger partial charge in [-0.05, 0) is 45.8 Å². The van der Waals surface area contributed by atoms with Gasteiger partial charge in [-0.15, -0.1) is 11.8 Å². The van der Waals surface area contributed by atoms with Crippen LogP contribution in [0.2, 0.25) is 0 Å². The number of thioether (sulfide) groups is 2. The summed E-state index contributed by atoms with van der Waals surface area (Å²) < 4.78 is 0. The highest BCUT2D eigenvalue weighted by molar-refractivity contribution is 8.06. The average molecular weight is 312 g/mol. The lowest BCUT2D eigenvalue weighted by Gasteiger charge is -2.29. The normalized spacial score (nSPS) is 23.0. The Hall–Kier alpha value is -0.260. The molecule has 1 aliphatic heterocycles. The molecule has 2 rings (SSSR count). The van der Waals surface area contributed by atoms with Gasteiger partial charge in [-0.1, -0.05) is 6.92 Å². The van der Waals surface area contributed by atoms with E-state index in [1.54, 1.807) is 0 Å². The van der Waals surface area contributed by atoms with Crippen LogP contribution < -0.4 is 5.32 Å². The maximum Gasteiger partial charge on any atom is 0.142 e. The number of aryl methyl sites for hydroxylation is 2. The summed E-state index contributed by atoms with van der Waals surface area (Å²) >= 11 is 4.12. The van der Waals surface area contributed by atoms with Gasteiger partial charge in [-0.3, -0.25) is 0 Å². The molecule has 1 saturated heterocycles. The number of aromatic nitrogens is 2. The zero-order chi connectivity index (χ0) is 14.5. The molecular weight excluding hydrogens is 286 g/mol. The minimum atomic E-state index is 0.467. The molecule has 1 aromatic rings. The molecule has 1 fully saturated rings. The Balaban J connectivity index is 2.24. The van der Waals surface area contributed by atoms with Crippen LogP contribution in [0.4, 0.5) is 0 Å². The third kappa shape index (κ3) is 3.68. The molecule has 0 aromatic carbocycles. The van der Waals surface area contributed by atoms with Gasteiger partial charge in [0.05, 0.1) is 5.25 Å². The molecule has 3 nitrogen and oxygen atoms in total.